The SMILES string of the molecule is CCCCCCc1ncc(C2(C#N)CCC(CCCCC)CC2)cn1. The molecule has 0 aromatic carbocycles. The summed E-state index contributed by atoms with van der Waals surface area (Å²) in [6.45, 7) is 4.49. The Bertz CT molecular complexity index is 521. The Morgan fingerprint density at radius 3 is 2.24 bits per heavy atom. The number of nitrogens with zero attached hydrogens (tertiary/aromatic N) is 3. The van der Waals surface area contributed by atoms with Crippen LogP contribution in [0.2, 0.25) is 0 Å². The van der Waals surface area contributed by atoms with Crippen molar-refractivity contribution < 1.29 is 0 Å². The molecule has 1 aliphatic carbocycles. The summed E-state index contributed by atoms with van der Waals surface area (Å²) in [4.78, 5) is 9.12. The van der Waals surface area contributed by atoms with Crippen LogP contribution in [0.15, 0.2) is 12.4 Å². The van der Waals surface area contributed by atoms with Gasteiger partial charge in [-0.25, -0.2) is 9.97 Å². The number of aromatic nitrogens is 2. The van der Waals surface area contributed by atoms with Gasteiger partial charge in [-0.1, -0.05) is 58.8 Å². The molecular weight excluding hydrogens is 306 g/mol. The maximum atomic E-state index is 9.86. The zero-order valence-corrected chi connectivity index (χ0v) is 16.3. The third-order valence-corrected chi connectivity index (χ3v) is 5.90. The van der Waals surface area contributed by atoms with Crippen LogP contribution < -0.4 is 0 Å². The van der Waals surface area contributed by atoms with Crippen LogP contribution in [0, 0.1) is 17.2 Å². The zero-order chi connectivity index (χ0) is 18.0. The first-order chi connectivity index (χ1) is 12.2. The van der Waals surface area contributed by atoms with E-state index in [9.17, 15) is 5.26 Å². The van der Waals surface area contributed by atoms with Gasteiger partial charge in [-0.15, -0.1) is 0 Å². The molecule has 1 aliphatic rings. The maximum Gasteiger partial charge on any atom is 0.128 e. The normalized spacial score (nSPS) is 23.3. The van der Waals surface area contributed by atoms with Gasteiger partial charge in [-0.3, -0.25) is 0 Å². The fourth-order valence-electron chi connectivity index (χ4n) is 4.05. The summed E-state index contributed by atoms with van der Waals surface area (Å²) in [5, 5.41) is 9.86. The van der Waals surface area contributed by atoms with Crippen LogP contribution >= 0.6 is 0 Å². The summed E-state index contributed by atoms with van der Waals surface area (Å²) < 4.78 is 0. The number of hydrogen-bond donors (Lipinski definition) is 0. The predicted octanol–water partition coefficient (Wildman–Crippen LogP) is 6.13. The van der Waals surface area contributed by atoms with Gasteiger partial charge in [0.1, 0.15) is 5.82 Å². The average Bonchev–Trinajstić information content (AvgIpc) is 2.67. The molecule has 1 saturated carbocycles. The molecule has 0 aliphatic heterocycles. The lowest BCUT2D eigenvalue weighted by molar-refractivity contribution is 0.261. The molecule has 1 aromatic heterocycles. The Hall–Kier alpha value is -1.43. The van der Waals surface area contributed by atoms with Crippen LogP contribution in [0.25, 0.3) is 0 Å². The Kier molecular flexibility index (Phi) is 8.38. The van der Waals surface area contributed by atoms with Crippen molar-refractivity contribution in [3.05, 3.63) is 23.8 Å². The van der Waals surface area contributed by atoms with E-state index in [1.165, 1.54) is 57.8 Å². The highest BCUT2D eigenvalue weighted by Gasteiger charge is 2.37. The fraction of sp³-hybridized carbons (Fsp3) is 0.773. The van der Waals surface area contributed by atoms with E-state index in [0.717, 1.165) is 43.0 Å². The summed E-state index contributed by atoms with van der Waals surface area (Å²) in [6.07, 6.45) is 19.4. The first-order valence-corrected chi connectivity index (χ1v) is 10.5. The summed E-state index contributed by atoms with van der Waals surface area (Å²) in [5.41, 5.74) is 0.696. The van der Waals surface area contributed by atoms with Crippen LogP contribution in [0.4, 0.5) is 0 Å². The number of nitriles is 1. The van der Waals surface area contributed by atoms with Crippen LogP contribution in [-0.2, 0) is 11.8 Å². The second-order valence-corrected chi connectivity index (χ2v) is 7.83. The minimum Gasteiger partial charge on any atom is -0.241 e. The summed E-state index contributed by atoms with van der Waals surface area (Å²) in [5.74, 6) is 1.74. The molecule has 138 valence electrons. The van der Waals surface area contributed by atoms with Gasteiger partial charge >= 0.3 is 0 Å². The lowest BCUT2D eigenvalue weighted by Crippen LogP contribution is -2.30. The minimum absolute atomic E-state index is 0.345. The van der Waals surface area contributed by atoms with Crippen molar-refractivity contribution in [2.75, 3.05) is 0 Å². The molecule has 0 unspecified atom stereocenters. The molecule has 0 saturated heterocycles. The smallest absolute Gasteiger partial charge is 0.128 e. The van der Waals surface area contributed by atoms with Gasteiger partial charge < -0.3 is 0 Å². The predicted molar refractivity (Wildman–Crippen MR) is 103 cm³/mol. The van der Waals surface area contributed by atoms with Gasteiger partial charge in [-0.2, -0.15) is 5.26 Å². The number of aryl methyl sites for hydroxylation is 1. The monoisotopic (exact) mass is 341 g/mol. The van der Waals surface area contributed by atoms with Crippen LogP contribution in [-0.4, -0.2) is 9.97 Å². The second-order valence-electron chi connectivity index (χ2n) is 7.83. The van der Waals surface area contributed by atoms with Gasteiger partial charge in [-0.05, 0) is 38.0 Å². The third kappa shape index (κ3) is 5.80. The van der Waals surface area contributed by atoms with Crippen LogP contribution in [0.5, 0.6) is 0 Å². The molecule has 0 N–H and O–H groups in total. The molecule has 3 heteroatoms. The van der Waals surface area contributed by atoms with Crippen molar-refractivity contribution in [1.82, 2.24) is 9.97 Å². The molecule has 1 aromatic rings. The van der Waals surface area contributed by atoms with E-state index in [4.69, 9.17) is 0 Å². The lowest BCUT2D eigenvalue weighted by atomic mass is 9.67. The Morgan fingerprint density at radius 1 is 1.00 bits per heavy atom. The molecule has 2 rings (SSSR count). The molecule has 0 bridgehead atoms. The minimum atomic E-state index is -0.345. The Labute approximate surface area is 154 Å². The van der Waals surface area contributed by atoms with Crippen molar-refractivity contribution in [3.63, 3.8) is 0 Å². The van der Waals surface area contributed by atoms with Crippen molar-refractivity contribution >= 4 is 0 Å². The van der Waals surface area contributed by atoms with Crippen LogP contribution in [0.1, 0.15) is 102 Å². The first-order valence-electron chi connectivity index (χ1n) is 10.5. The molecule has 25 heavy (non-hydrogen) atoms. The van der Waals surface area contributed by atoms with Gasteiger partial charge in [0.25, 0.3) is 0 Å². The van der Waals surface area contributed by atoms with Gasteiger partial charge in [0.2, 0.25) is 0 Å². The molecule has 1 heterocycles. The van der Waals surface area contributed by atoms with E-state index in [2.05, 4.69) is 29.9 Å². The first kappa shape index (κ1) is 19.9. The van der Waals surface area contributed by atoms with Crippen LogP contribution in [0.3, 0.4) is 0 Å². The highest BCUT2D eigenvalue weighted by molar-refractivity contribution is 5.29. The third-order valence-electron chi connectivity index (χ3n) is 5.90. The topological polar surface area (TPSA) is 49.6 Å². The largest absolute Gasteiger partial charge is 0.241 e. The van der Waals surface area contributed by atoms with E-state index >= 15 is 0 Å². The number of hydrogen-bond acceptors (Lipinski definition) is 3. The summed E-state index contributed by atoms with van der Waals surface area (Å²) in [7, 11) is 0. The Balaban J connectivity index is 1.89. The molecular formula is C22H35N3. The number of rotatable bonds is 10. The van der Waals surface area contributed by atoms with E-state index in [-0.39, 0.29) is 5.41 Å². The van der Waals surface area contributed by atoms with Crippen molar-refractivity contribution in [3.8, 4) is 6.07 Å². The molecule has 0 atom stereocenters. The van der Waals surface area contributed by atoms with Crippen molar-refractivity contribution in [2.45, 2.75) is 103 Å². The average molecular weight is 342 g/mol. The molecule has 0 amide bonds. The van der Waals surface area contributed by atoms with Gasteiger partial charge in [0.15, 0.2) is 0 Å². The van der Waals surface area contributed by atoms with Gasteiger partial charge in [0, 0.05) is 24.4 Å². The summed E-state index contributed by atoms with van der Waals surface area (Å²) in [6, 6.07) is 2.62. The molecule has 0 spiro atoms. The van der Waals surface area contributed by atoms with E-state index in [1.807, 2.05) is 12.4 Å². The van der Waals surface area contributed by atoms with E-state index in [1.54, 1.807) is 0 Å². The number of unbranched alkanes of at least 4 members (excludes halogenated alkanes) is 5. The molecule has 1 fully saturated rings. The molecule has 3 nitrogen and oxygen atoms in total. The fourth-order valence-corrected chi connectivity index (χ4v) is 4.05. The highest BCUT2D eigenvalue weighted by Crippen LogP contribution is 2.42. The lowest BCUT2D eigenvalue weighted by Gasteiger charge is -2.35. The Morgan fingerprint density at radius 2 is 1.64 bits per heavy atom. The summed E-state index contributed by atoms with van der Waals surface area (Å²) >= 11 is 0. The quantitative estimate of drug-likeness (QED) is 0.481. The standard InChI is InChI=1S/C22H35N3/c1-3-5-7-9-11-21-24-16-20(17-25-21)22(18-23)14-12-19(13-15-22)10-8-6-4-2/h16-17,19H,3-15H2,1-2H3. The highest BCUT2D eigenvalue weighted by atomic mass is 14.9. The molecule has 0 radical (unpaired) electrons. The van der Waals surface area contributed by atoms with Crippen molar-refractivity contribution in [2.24, 2.45) is 5.92 Å². The van der Waals surface area contributed by atoms with Crippen molar-refractivity contribution in [1.29, 1.82) is 5.26 Å². The second kappa shape index (κ2) is 10.5. The van der Waals surface area contributed by atoms with Gasteiger partial charge in [0.05, 0.1) is 11.5 Å². The zero-order valence-electron chi connectivity index (χ0n) is 16.3. The maximum absolute atomic E-state index is 9.86. The van der Waals surface area contributed by atoms with E-state index in [0.29, 0.717) is 0 Å². The van der Waals surface area contributed by atoms with E-state index < -0.39 is 0 Å².